The highest BCUT2D eigenvalue weighted by Crippen LogP contribution is 2.29. The van der Waals surface area contributed by atoms with Gasteiger partial charge in [-0.1, -0.05) is 11.8 Å². The van der Waals surface area contributed by atoms with Crippen molar-refractivity contribution in [2.75, 3.05) is 17.7 Å². The van der Waals surface area contributed by atoms with Gasteiger partial charge in [-0.3, -0.25) is 9.59 Å². The molecule has 0 saturated heterocycles. The van der Waals surface area contributed by atoms with Crippen LogP contribution in [-0.2, 0) is 11.8 Å². The predicted octanol–water partition coefficient (Wildman–Crippen LogP) is 1.73. The zero-order valence-electron chi connectivity index (χ0n) is 11.3. The van der Waals surface area contributed by atoms with E-state index in [1.807, 2.05) is 17.8 Å². The molecular formula is C14H13N3O3S. The molecule has 0 spiro atoms. The van der Waals surface area contributed by atoms with Gasteiger partial charge in [-0.2, -0.15) is 0 Å². The van der Waals surface area contributed by atoms with Gasteiger partial charge in [0.1, 0.15) is 5.75 Å². The molecule has 1 aliphatic rings. The van der Waals surface area contributed by atoms with Crippen molar-refractivity contribution >= 4 is 29.1 Å². The number of benzene rings is 1. The van der Waals surface area contributed by atoms with Crippen LogP contribution in [0.15, 0.2) is 35.7 Å². The Bertz CT molecular complexity index is 711. The number of Topliss-reactive ketones (excluding diaryl/α,β-unsaturated/α-hetero) is 1. The second-order valence-corrected chi connectivity index (χ2v) is 5.52. The van der Waals surface area contributed by atoms with Crippen LogP contribution in [0, 0.1) is 0 Å². The number of nitrogens with zero attached hydrogens (tertiary/aromatic N) is 2. The summed E-state index contributed by atoms with van der Waals surface area (Å²) in [4.78, 5) is 27.7. The van der Waals surface area contributed by atoms with Gasteiger partial charge in [0.2, 0.25) is 0 Å². The Hall–Kier alpha value is -2.28. The number of hydrogen-bond donors (Lipinski definition) is 1. The van der Waals surface area contributed by atoms with Gasteiger partial charge in [0.05, 0.1) is 11.4 Å². The number of thioether (sulfide) groups is 1. The topological polar surface area (TPSA) is 73.2 Å². The van der Waals surface area contributed by atoms with E-state index in [0.717, 1.165) is 5.16 Å². The molecular weight excluding hydrogens is 290 g/mol. The second kappa shape index (κ2) is 5.61. The molecule has 0 bridgehead atoms. The fourth-order valence-corrected chi connectivity index (χ4v) is 2.79. The van der Waals surface area contributed by atoms with E-state index < -0.39 is 0 Å². The number of fused-ring (bicyclic) bond motifs is 1. The highest BCUT2D eigenvalue weighted by atomic mass is 32.2. The SMILES string of the molecule is Cn1ccnc1SCC(=O)c1ccc2c(c1)NC(=O)CO2. The highest BCUT2D eigenvalue weighted by Gasteiger charge is 2.18. The second-order valence-electron chi connectivity index (χ2n) is 4.58. The summed E-state index contributed by atoms with van der Waals surface area (Å²) < 4.78 is 7.12. The monoisotopic (exact) mass is 303 g/mol. The molecule has 0 unspecified atom stereocenters. The molecule has 0 fully saturated rings. The van der Waals surface area contributed by atoms with E-state index in [0.29, 0.717) is 22.8 Å². The summed E-state index contributed by atoms with van der Waals surface area (Å²) in [5.41, 5.74) is 1.08. The van der Waals surface area contributed by atoms with E-state index in [4.69, 9.17) is 4.74 Å². The third-order valence-electron chi connectivity index (χ3n) is 3.04. The lowest BCUT2D eigenvalue weighted by atomic mass is 10.1. The van der Waals surface area contributed by atoms with Crippen LogP contribution in [0.25, 0.3) is 0 Å². The van der Waals surface area contributed by atoms with Gasteiger partial charge in [0.25, 0.3) is 5.91 Å². The first-order valence-corrected chi connectivity index (χ1v) is 7.32. The molecule has 2 aromatic rings. The van der Waals surface area contributed by atoms with Crippen LogP contribution >= 0.6 is 11.8 Å². The molecule has 0 radical (unpaired) electrons. The lowest BCUT2D eigenvalue weighted by Gasteiger charge is -2.18. The minimum Gasteiger partial charge on any atom is -0.482 e. The Morgan fingerprint density at radius 3 is 3.14 bits per heavy atom. The molecule has 0 saturated carbocycles. The summed E-state index contributed by atoms with van der Waals surface area (Å²) in [7, 11) is 1.88. The van der Waals surface area contributed by atoms with Crippen LogP contribution in [0.5, 0.6) is 5.75 Å². The van der Waals surface area contributed by atoms with E-state index >= 15 is 0 Å². The van der Waals surface area contributed by atoms with Crippen LogP contribution in [0.4, 0.5) is 5.69 Å². The summed E-state index contributed by atoms with van der Waals surface area (Å²) in [6.45, 7) is 0.00923. The lowest BCUT2D eigenvalue weighted by molar-refractivity contribution is -0.118. The minimum atomic E-state index is -0.213. The summed E-state index contributed by atoms with van der Waals surface area (Å²) >= 11 is 1.38. The number of rotatable bonds is 4. The predicted molar refractivity (Wildman–Crippen MR) is 78.8 cm³/mol. The Morgan fingerprint density at radius 2 is 2.38 bits per heavy atom. The van der Waals surface area contributed by atoms with Gasteiger partial charge < -0.3 is 14.6 Å². The third-order valence-corrected chi connectivity index (χ3v) is 4.10. The number of carbonyl (C=O) groups excluding carboxylic acids is 2. The van der Waals surface area contributed by atoms with Gasteiger partial charge >= 0.3 is 0 Å². The van der Waals surface area contributed by atoms with Gasteiger partial charge in [-0.15, -0.1) is 0 Å². The van der Waals surface area contributed by atoms with E-state index in [-0.39, 0.29) is 18.3 Å². The van der Waals surface area contributed by atoms with E-state index in [1.165, 1.54) is 11.8 Å². The molecule has 0 aliphatic carbocycles. The molecule has 21 heavy (non-hydrogen) atoms. The Labute approximate surface area is 125 Å². The Balaban J connectivity index is 1.72. The summed E-state index contributed by atoms with van der Waals surface area (Å²) in [5, 5.41) is 3.48. The first kappa shape index (κ1) is 13.7. The van der Waals surface area contributed by atoms with E-state index in [2.05, 4.69) is 10.3 Å². The molecule has 1 aliphatic heterocycles. The van der Waals surface area contributed by atoms with Gasteiger partial charge in [0, 0.05) is 25.0 Å². The molecule has 3 rings (SSSR count). The van der Waals surface area contributed by atoms with Gasteiger partial charge in [-0.05, 0) is 18.2 Å². The maximum atomic E-state index is 12.2. The number of aryl methyl sites for hydroxylation is 1. The van der Waals surface area contributed by atoms with Crippen molar-refractivity contribution in [2.45, 2.75) is 5.16 Å². The van der Waals surface area contributed by atoms with Crippen molar-refractivity contribution in [3.63, 3.8) is 0 Å². The number of nitrogens with one attached hydrogen (secondary N) is 1. The normalized spacial score (nSPS) is 13.3. The van der Waals surface area contributed by atoms with Crippen molar-refractivity contribution in [3.8, 4) is 5.75 Å². The van der Waals surface area contributed by atoms with Crippen LogP contribution in [0.2, 0.25) is 0 Å². The van der Waals surface area contributed by atoms with Crippen LogP contribution in [0.1, 0.15) is 10.4 Å². The largest absolute Gasteiger partial charge is 0.482 e. The fourth-order valence-electron chi connectivity index (χ4n) is 1.96. The Kier molecular flexibility index (Phi) is 3.66. The first-order valence-electron chi connectivity index (χ1n) is 6.33. The first-order chi connectivity index (χ1) is 10.1. The molecule has 0 atom stereocenters. The zero-order chi connectivity index (χ0) is 14.8. The number of carbonyl (C=O) groups is 2. The smallest absolute Gasteiger partial charge is 0.262 e. The molecule has 1 N–H and O–H groups in total. The minimum absolute atomic E-state index is 0.00923. The van der Waals surface area contributed by atoms with Crippen LogP contribution < -0.4 is 10.1 Å². The molecule has 1 aromatic carbocycles. The van der Waals surface area contributed by atoms with Crippen molar-refractivity contribution < 1.29 is 14.3 Å². The van der Waals surface area contributed by atoms with E-state index in [9.17, 15) is 9.59 Å². The number of imidazole rings is 1. The third kappa shape index (κ3) is 2.92. The highest BCUT2D eigenvalue weighted by molar-refractivity contribution is 7.99. The zero-order valence-corrected chi connectivity index (χ0v) is 12.1. The number of anilines is 1. The maximum absolute atomic E-state index is 12.2. The number of ketones is 1. The maximum Gasteiger partial charge on any atom is 0.262 e. The molecule has 7 heteroatoms. The van der Waals surface area contributed by atoms with Crippen molar-refractivity contribution in [1.29, 1.82) is 0 Å². The van der Waals surface area contributed by atoms with Crippen LogP contribution in [0.3, 0.4) is 0 Å². The molecule has 6 nitrogen and oxygen atoms in total. The quantitative estimate of drug-likeness (QED) is 0.688. The number of hydrogen-bond acceptors (Lipinski definition) is 5. The molecule has 108 valence electrons. The standard InChI is InChI=1S/C14H13N3O3S/c1-17-5-4-15-14(17)21-8-11(18)9-2-3-12-10(6-9)16-13(19)7-20-12/h2-6H,7-8H2,1H3,(H,16,19). The van der Waals surface area contributed by atoms with Crippen molar-refractivity contribution in [3.05, 3.63) is 36.2 Å². The summed E-state index contributed by atoms with van der Waals surface area (Å²) in [6.07, 6.45) is 3.52. The Morgan fingerprint density at radius 1 is 1.52 bits per heavy atom. The lowest BCUT2D eigenvalue weighted by Crippen LogP contribution is -2.25. The van der Waals surface area contributed by atoms with Crippen molar-refractivity contribution in [2.24, 2.45) is 7.05 Å². The van der Waals surface area contributed by atoms with E-state index in [1.54, 1.807) is 24.4 Å². The molecule has 1 aromatic heterocycles. The number of ether oxygens (including phenoxy) is 1. The number of aromatic nitrogens is 2. The molecule has 1 amide bonds. The van der Waals surface area contributed by atoms with Crippen LogP contribution in [-0.4, -0.2) is 33.6 Å². The average Bonchev–Trinajstić information content (AvgIpc) is 2.89. The fraction of sp³-hybridized carbons (Fsp3) is 0.214. The van der Waals surface area contributed by atoms with Gasteiger partial charge in [0.15, 0.2) is 17.5 Å². The molecule has 2 heterocycles. The number of amides is 1. The van der Waals surface area contributed by atoms with Gasteiger partial charge in [-0.25, -0.2) is 4.98 Å². The summed E-state index contributed by atoms with van der Waals surface area (Å²) in [5.74, 6) is 0.640. The summed E-state index contributed by atoms with van der Waals surface area (Å²) in [6, 6.07) is 5.05. The average molecular weight is 303 g/mol. The van der Waals surface area contributed by atoms with Crippen molar-refractivity contribution in [1.82, 2.24) is 9.55 Å².